The predicted molar refractivity (Wildman–Crippen MR) is 90.2 cm³/mol. The number of hydrogen-bond acceptors (Lipinski definition) is 4. The fourth-order valence-electron chi connectivity index (χ4n) is 2.38. The van der Waals surface area contributed by atoms with Crippen LogP contribution < -0.4 is 4.90 Å². The predicted octanol–water partition coefficient (Wildman–Crippen LogP) is 4.10. The van der Waals surface area contributed by atoms with E-state index < -0.39 is 0 Å². The van der Waals surface area contributed by atoms with Crippen LogP contribution in [0, 0.1) is 9.02 Å². The van der Waals surface area contributed by atoms with E-state index in [1.807, 2.05) is 0 Å². The lowest BCUT2D eigenvalue weighted by Gasteiger charge is -2.33. The van der Waals surface area contributed by atoms with Crippen molar-refractivity contribution >= 4 is 30.1 Å². The van der Waals surface area contributed by atoms with Crippen molar-refractivity contribution in [2.45, 2.75) is 40.0 Å². The highest BCUT2D eigenvalue weighted by Gasteiger charge is 2.27. The van der Waals surface area contributed by atoms with Gasteiger partial charge in [-0.1, -0.05) is 59.1 Å². The van der Waals surface area contributed by atoms with Crippen molar-refractivity contribution in [2.75, 3.05) is 38.1 Å². The van der Waals surface area contributed by atoms with E-state index in [2.05, 4.69) is 51.5 Å². The molecule has 0 radical (unpaired) electrons. The van der Waals surface area contributed by atoms with Crippen LogP contribution in [0.25, 0.3) is 0 Å². The van der Waals surface area contributed by atoms with E-state index in [9.17, 15) is 0 Å². The molecule has 0 saturated heterocycles. The minimum atomic E-state index is 0.0815. The summed E-state index contributed by atoms with van der Waals surface area (Å²) in [6.07, 6.45) is 0. The molecule has 1 aromatic carbocycles. The van der Waals surface area contributed by atoms with Gasteiger partial charge in [0.1, 0.15) is 0 Å². The van der Waals surface area contributed by atoms with Crippen LogP contribution in [0.1, 0.15) is 40.2 Å². The first-order valence-electron chi connectivity index (χ1n) is 7.01. The molecule has 0 aliphatic carbocycles. The smallest absolute Gasteiger partial charge is 0.0798 e. The van der Waals surface area contributed by atoms with Gasteiger partial charge in [-0.15, -0.1) is 0 Å². The van der Waals surface area contributed by atoms with Gasteiger partial charge >= 0.3 is 0 Å². The topological polar surface area (TPSA) is 6.48 Å². The first-order valence-corrected chi connectivity index (χ1v) is 7.82. The van der Waals surface area contributed by atoms with Crippen molar-refractivity contribution in [1.82, 2.24) is 4.90 Å². The molecule has 4 heteroatoms. The zero-order chi connectivity index (χ0) is 14.8. The minimum absolute atomic E-state index is 0.0815. The van der Waals surface area contributed by atoms with E-state index in [1.54, 1.807) is 0 Å². The Labute approximate surface area is 128 Å². The van der Waals surface area contributed by atoms with Crippen molar-refractivity contribution in [3.05, 3.63) is 14.6 Å². The highest BCUT2D eigenvalue weighted by atomic mass is 32.1. The second-order valence-electron chi connectivity index (χ2n) is 6.08. The van der Waals surface area contributed by atoms with Crippen LogP contribution in [-0.2, 0) is 5.41 Å². The Kier molecular flexibility index (Phi) is 5.65. The summed E-state index contributed by atoms with van der Waals surface area (Å²) in [5, 5.41) is 0. The molecule has 19 heavy (non-hydrogen) atoms. The zero-order valence-electron chi connectivity index (χ0n) is 13.0. The molecule has 0 aliphatic rings. The number of hydrogen-bond donors (Lipinski definition) is 0. The number of likely N-dealkylation sites (N-methyl/N-ethyl adjacent to an activating group) is 2. The van der Waals surface area contributed by atoms with Crippen LogP contribution >= 0.6 is 24.4 Å². The molecule has 1 rings (SSSR count). The van der Waals surface area contributed by atoms with E-state index in [0.717, 1.165) is 35.2 Å². The molecular weight excluding hydrogens is 272 g/mol. The summed E-state index contributed by atoms with van der Waals surface area (Å²) < 4.78 is 1.77. The molecule has 108 valence electrons. The summed E-state index contributed by atoms with van der Waals surface area (Å²) in [4.78, 5) is 4.70. The molecule has 0 aliphatic heterocycles. The normalized spacial score (nSPS) is 12.4. The molecule has 0 N–H and O–H groups in total. The van der Waals surface area contributed by atoms with Crippen molar-refractivity contribution < 1.29 is 0 Å². The minimum Gasteiger partial charge on any atom is -0.372 e. The standard InChI is InChI=1S/C15H26N2S2/c1-7-17(8-2)10-9-16(6)12-11(15(3,4)5)13(18)14(12)19/h7-10H2,1-6H3. The Morgan fingerprint density at radius 2 is 1.47 bits per heavy atom. The molecular formula is C15H26N2S2. The average molecular weight is 299 g/mol. The van der Waals surface area contributed by atoms with Gasteiger partial charge in [-0.05, 0) is 18.5 Å². The van der Waals surface area contributed by atoms with Gasteiger partial charge in [0.2, 0.25) is 0 Å². The van der Waals surface area contributed by atoms with Gasteiger partial charge in [0.05, 0.1) is 14.7 Å². The largest absolute Gasteiger partial charge is 0.372 e. The summed E-state index contributed by atoms with van der Waals surface area (Å²) in [7, 11) is 2.12. The zero-order valence-corrected chi connectivity index (χ0v) is 14.7. The van der Waals surface area contributed by atoms with Gasteiger partial charge in [0.15, 0.2) is 0 Å². The second-order valence-corrected chi connectivity index (χ2v) is 6.90. The van der Waals surface area contributed by atoms with Gasteiger partial charge in [-0.3, -0.25) is 0 Å². The van der Waals surface area contributed by atoms with Gasteiger partial charge in [0, 0.05) is 25.7 Å². The maximum absolute atomic E-state index is 5.43. The molecule has 0 unspecified atom stereocenters. The highest BCUT2D eigenvalue weighted by molar-refractivity contribution is 7.74. The molecule has 0 bridgehead atoms. The first kappa shape index (κ1) is 16.7. The Bertz CT molecular complexity index is 489. The van der Waals surface area contributed by atoms with Crippen LogP contribution in [0.5, 0.6) is 0 Å². The van der Waals surface area contributed by atoms with Crippen molar-refractivity contribution in [3.8, 4) is 0 Å². The summed E-state index contributed by atoms with van der Waals surface area (Å²) in [5.41, 5.74) is 2.53. The van der Waals surface area contributed by atoms with Gasteiger partial charge in [-0.25, -0.2) is 0 Å². The van der Waals surface area contributed by atoms with Crippen molar-refractivity contribution in [2.24, 2.45) is 0 Å². The molecule has 2 nitrogen and oxygen atoms in total. The average Bonchev–Trinajstić information content (AvgIpc) is 2.33. The maximum atomic E-state index is 5.43. The highest BCUT2D eigenvalue weighted by Crippen LogP contribution is 2.38. The Hall–Kier alpha value is -0.320. The molecule has 0 atom stereocenters. The van der Waals surface area contributed by atoms with E-state index in [0.29, 0.717) is 0 Å². The van der Waals surface area contributed by atoms with Crippen LogP contribution in [0.4, 0.5) is 5.69 Å². The number of rotatable bonds is 6. The van der Waals surface area contributed by atoms with Crippen LogP contribution in [0.3, 0.4) is 0 Å². The lowest BCUT2D eigenvalue weighted by molar-refractivity contribution is 0.311. The SMILES string of the molecule is CCN(CC)CCN(C)c1c(C(C)(C)C)c(=S)c1=S. The molecule has 0 heterocycles. The summed E-state index contributed by atoms with van der Waals surface area (Å²) in [6.45, 7) is 15.3. The van der Waals surface area contributed by atoms with E-state index in [4.69, 9.17) is 24.4 Å². The van der Waals surface area contributed by atoms with E-state index >= 15 is 0 Å². The summed E-state index contributed by atoms with van der Waals surface area (Å²) >= 11 is 10.8. The fourth-order valence-corrected chi connectivity index (χ4v) is 3.24. The quantitative estimate of drug-likeness (QED) is 0.729. The molecule has 0 aromatic heterocycles. The van der Waals surface area contributed by atoms with Crippen LogP contribution in [-0.4, -0.2) is 38.1 Å². The molecule has 0 amide bonds. The molecule has 0 fully saturated rings. The van der Waals surface area contributed by atoms with Gasteiger partial charge < -0.3 is 9.80 Å². The van der Waals surface area contributed by atoms with Crippen molar-refractivity contribution in [3.63, 3.8) is 0 Å². The Balaban J connectivity index is 2.85. The number of nitrogens with zero attached hydrogens (tertiary/aromatic N) is 2. The molecule has 0 saturated carbocycles. The summed E-state index contributed by atoms with van der Waals surface area (Å²) in [6, 6.07) is 0. The Morgan fingerprint density at radius 1 is 0.947 bits per heavy atom. The third-order valence-corrected chi connectivity index (χ3v) is 4.60. The number of anilines is 1. The third kappa shape index (κ3) is 3.61. The first-order chi connectivity index (χ1) is 8.73. The Morgan fingerprint density at radius 3 is 1.89 bits per heavy atom. The molecule has 0 spiro atoms. The maximum Gasteiger partial charge on any atom is 0.0798 e. The van der Waals surface area contributed by atoms with Gasteiger partial charge in [-0.2, -0.15) is 0 Å². The lowest BCUT2D eigenvalue weighted by Crippen LogP contribution is -2.35. The van der Waals surface area contributed by atoms with E-state index in [1.165, 1.54) is 11.3 Å². The molecule has 1 aromatic rings. The monoisotopic (exact) mass is 298 g/mol. The van der Waals surface area contributed by atoms with Crippen LogP contribution in [0.15, 0.2) is 0 Å². The third-order valence-electron chi connectivity index (χ3n) is 3.66. The fraction of sp³-hybridized carbons (Fsp3) is 0.733. The second kappa shape index (κ2) is 6.42. The summed E-state index contributed by atoms with van der Waals surface area (Å²) in [5.74, 6) is 0. The van der Waals surface area contributed by atoms with Gasteiger partial charge in [0.25, 0.3) is 0 Å². The lowest BCUT2D eigenvalue weighted by atomic mass is 9.83. The van der Waals surface area contributed by atoms with Crippen LogP contribution in [0.2, 0.25) is 0 Å². The van der Waals surface area contributed by atoms with E-state index in [-0.39, 0.29) is 5.41 Å². The van der Waals surface area contributed by atoms with Crippen molar-refractivity contribution in [1.29, 1.82) is 0 Å².